The monoisotopic (exact) mass is 508 g/mol. The molecule has 2 unspecified atom stereocenters. The van der Waals surface area contributed by atoms with Crippen LogP contribution in [0.4, 0.5) is 13.2 Å². The maximum atomic E-state index is 15.1. The molecule has 5 heteroatoms. The van der Waals surface area contributed by atoms with E-state index in [0.29, 0.717) is 29.0 Å². The Morgan fingerprint density at radius 2 is 1.65 bits per heavy atom. The molecule has 0 amide bonds. The molecule has 0 bridgehead atoms. The molecule has 0 radical (unpaired) electrons. The van der Waals surface area contributed by atoms with Crippen LogP contribution in [0.25, 0.3) is 22.3 Å². The number of rotatable bonds is 11. The predicted molar refractivity (Wildman–Crippen MR) is 143 cm³/mol. The smallest absolute Gasteiger partial charge is 0.201 e. The van der Waals surface area contributed by atoms with Crippen LogP contribution in [-0.4, -0.2) is 13.2 Å². The van der Waals surface area contributed by atoms with Crippen molar-refractivity contribution in [2.24, 2.45) is 5.92 Å². The summed E-state index contributed by atoms with van der Waals surface area (Å²) in [6.07, 6.45) is 9.06. The lowest BCUT2D eigenvalue weighted by atomic mass is 9.90. The molecular formula is C32H35F3O2. The van der Waals surface area contributed by atoms with E-state index in [1.165, 1.54) is 37.8 Å². The lowest BCUT2D eigenvalue weighted by Crippen LogP contribution is -2.20. The van der Waals surface area contributed by atoms with Crippen LogP contribution < -0.4 is 4.74 Å². The summed E-state index contributed by atoms with van der Waals surface area (Å²) in [5.74, 6) is -1.85. The van der Waals surface area contributed by atoms with E-state index < -0.39 is 11.6 Å². The molecule has 2 nitrogen and oxygen atoms in total. The minimum Gasteiger partial charge on any atom is -0.490 e. The van der Waals surface area contributed by atoms with Crippen LogP contribution >= 0.6 is 0 Å². The Labute approximate surface area is 218 Å². The van der Waals surface area contributed by atoms with E-state index in [4.69, 9.17) is 9.47 Å². The zero-order valence-corrected chi connectivity index (χ0v) is 21.4. The Morgan fingerprint density at radius 3 is 2.30 bits per heavy atom. The summed E-state index contributed by atoms with van der Waals surface area (Å²) >= 11 is 0. The number of hydrogen-bond donors (Lipinski definition) is 0. The summed E-state index contributed by atoms with van der Waals surface area (Å²) < 4.78 is 55.7. The first-order valence-corrected chi connectivity index (χ1v) is 13.2. The molecular weight excluding hydrogens is 473 g/mol. The van der Waals surface area contributed by atoms with E-state index >= 15 is 4.39 Å². The molecule has 2 atom stereocenters. The van der Waals surface area contributed by atoms with Gasteiger partial charge in [0.25, 0.3) is 0 Å². The van der Waals surface area contributed by atoms with E-state index in [-0.39, 0.29) is 29.8 Å². The molecule has 0 saturated carbocycles. The number of halogens is 3. The van der Waals surface area contributed by atoms with E-state index in [0.717, 1.165) is 25.0 Å². The van der Waals surface area contributed by atoms with Crippen LogP contribution in [0.2, 0.25) is 0 Å². The van der Waals surface area contributed by atoms with Gasteiger partial charge in [0, 0.05) is 11.1 Å². The first-order chi connectivity index (χ1) is 18.0. The second kappa shape index (κ2) is 13.0. The molecule has 0 spiro atoms. The molecule has 1 aliphatic heterocycles. The molecule has 196 valence electrons. The molecule has 3 aromatic rings. The summed E-state index contributed by atoms with van der Waals surface area (Å²) in [6, 6.07) is 14.9. The van der Waals surface area contributed by atoms with E-state index in [1.54, 1.807) is 42.5 Å². The highest BCUT2D eigenvalue weighted by Gasteiger charge is 2.23. The number of hydrogen-bond acceptors (Lipinski definition) is 2. The third kappa shape index (κ3) is 6.64. The molecule has 0 aliphatic carbocycles. The quantitative estimate of drug-likeness (QED) is 0.190. The number of unbranched alkanes of at least 4 members (excludes halogenated alkanes) is 2. The van der Waals surface area contributed by atoms with Crippen LogP contribution in [0, 0.1) is 23.4 Å². The van der Waals surface area contributed by atoms with Gasteiger partial charge in [0.2, 0.25) is 5.82 Å². The van der Waals surface area contributed by atoms with Crippen molar-refractivity contribution in [3.05, 3.63) is 90.3 Å². The fourth-order valence-corrected chi connectivity index (χ4v) is 4.89. The molecule has 0 N–H and O–H groups in total. The molecule has 4 rings (SSSR count). The van der Waals surface area contributed by atoms with Crippen LogP contribution in [0.1, 0.15) is 63.5 Å². The Kier molecular flexibility index (Phi) is 9.45. The van der Waals surface area contributed by atoms with Gasteiger partial charge < -0.3 is 9.47 Å². The Balaban J connectivity index is 1.43. The van der Waals surface area contributed by atoms with Crippen molar-refractivity contribution in [1.29, 1.82) is 0 Å². The van der Waals surface area contributed by atoms with E-state index in [1.807, 2.05) is 6.07 Å². The third-order valence-electron chi connectivity index (χ3n) is 7.08. The summed E-state index contributed by atoms with van der Waals surface area (Å²) in [5, 5.41) is 0. The first kappa shape index (κ1) is 27.0. The van der Waals surface area contributed by atoms with Gasteiger partial charge in [-0.05, 0) is 66.5 Å². The van der Waals surface area contributed by atoms with Crippen molar-refractivity contribution in [2.75, 3.05) is 13.2 Å². The molecule has 1 saturated heterocycles. The SMILES string of the molecule is C=CCCOc1ccc(-c2ccc(-c3ccc(C4CCC(CCCCC)CO4)cc3F)cc2)c(F)c1F. The van der Waals surface area contributed by atoms with Gasteiger partial charge in [-0.3, -0.25) is 0 Å². The minimum atomic E-state index is -1.02. The Morgan fingerprint density at radius 1 is 0.919 bits per heavy atom. The second-order valence-corrected chi connectivity index (χ2v) is 9.74. The summed E-state index contributed by atoms with van der Waals surface area (Å²) in [4.78, 5) is 0. The highest BCUT2D eigenvalue weighted by atomic mass is 19.2. The maximum absolute atomic E-state index is 15.1. The predicted octanol–water partition coefficient (Wildman–Crippen LogP) is 9.44. The fraction of sp³-hybridized carbons (Fsp3) is 0.375. The summed E-state index contributed by atoms with van der Waals surface area (Å²) in [7, 11) is 0. The normalized spacial score (nSPS) is 17.5. The van der Waals surface area contributed by atoms with E-state index in [9.17, 15) is 8.78 Å². The van der Waals surface area contributed by atoms with Gasteiger partial charge in [-0.25, -0.2) is 8.78 Å². The standard InChI is InChI=1S/C32H35F3O2/c1-3-5-7-8-22-9-17-29(37-21-22)25-14-15-26(28(33)20-25)23-10-12-24(13-11-23)27-16-18-30(32(35)31(27)34)36-19-6-4-2/h4,10-16,18,20,22,29H,2-3,5-9,17,19,21H2,1H3. The highest BCUT2D eigenvalue weighted by Crippen LogP contribution is 2.36. The van der Waals surface area contributed by atoms with Crippen LogP contribution in [-0.2, 0) is 4.74 Å². The van der Waals surface area contributed by atoms with Crippen molar-refractivity contribution in [1.82, 2.24) is 0 Å². The van der Waals surface area contributed by atoms with Gasteiger partial charge in [-0.1, -0.05) is 68.7 Å². The lowest BCUT2D eigenvalue weighted by molar-refractivity contribution is -0.0200. The van der Waals surface area contributed by atoms with Gasteiger partial charge in [0.05, 0.1) is 19.3 Å². The van der Waals surface area contributed by atoms with Crippen LogP contribution in [0.15, 0.2) is 67.3 Å². The molecule has 1 fully saturated rings. The van der Waals surface area contributed by atoms with E-state index in [2.05, 4.69) is 13.5 Å². The zero-order valence-electron chi connectivity index (χ0n) is 21.4. The van der Waals surface area contributed by atoms with Crippen LogP contribution in [0.5, 0.6) is 5.75 Å². The molecule has 1 aliphatic rings. The van der Waals surface area contributed by atoms with Gasteiger partial charge >= 0.3 is 0 Å². The van der Waals surface area contributed by atoms with Crippen LogP contribution in [0.3, 0.4) is 0 Å². The average molecular weight is 509 g/mol. The zero-order chi connectivity index (χ0) is 26.2. The third-order valence-corrected chi connectivity index (χ3v) is 7.08. The number of ether oxygens (including phenoxy) is 2. The maximum Gasteiger partial charge on any atom is 0.201 e. The second-order valence-electron chi connectivity index (χ2n) is 9.74. The Hall–Kier alpha value is -3.05. The minimum absolute atomic E-state index is 0.0741. The topological polar surface area (TPSA) is 18.5 Å². The van der Waals surface area contributed by atoms with Gasteiger partial charge in [-0.2, -0.15) is 4.39 Å². The van der Waals surface area contributed by atoms with Crippen molar-refractivity contribution in [2.45, 2.75) is 58.0 Å². The van der Waals surface area contributed by atoms with Crippen molar-refractivity contribution < 1.29 is 22.6 Å². The van der Waals surface area contributed by atoms with Gasteiger partial charge in [0.1, 0.15) is 5.82 Å². The van der Waals surface area contributed by atoms with Gasteiger partial charge in [0.15, 0.2) is 11.6 Å². The summed E-state index contributed by atoms with van der Waals surface area (Å²) in [5.41, 5.74) is 2.61. The van der Waals surface area contributed by atoms with Crippen molar-refractivity contribution in [3.63, 3.8) is 0 Å². The number of benzene rings is 3. The molecule has 0 aromatic heterocycles. The summed E-state index contributed by atoms with van der Waals surface area (Å²) in [6.45, 7) is 6.75. The molecule has 3 aromatic carbocycles. The molecule has 1 heterocycles. The van der Waals surface area contributed by atoms with Crippen molar-refractivity contribution in [3.8, 4) is 28.0 Å². The highest BCUT2D eigenvalue weighted by molar-refractivity contribution is 5.71. The Bertz CT molecular complexity index is 1180. The van der Waals surface area contributed by atoms with Crippen molar-refractivity contribution >= 4 is 0 Å². The average Bonchev–Trinajstić information content (AvgIpc) is 2.92. The largest absolute Gasteiger partial charge is 0.490 e. The van der Waals surface area contributed by atoms with Gasteiger partial charge in [-0.15, -0.1) is 6.58 Å². The first-order valence-electron chi connectivity index (χ1n) is 13.2. The lowest BCUT2D eigenvalue weighted by Gasteiger charge is -2.29. The fourth-order valence-electron chi connectivity index (χ4n) is 4.89. The molecule has 37 heavy (non-hydrogen) atoms.